The Balaban J connectivity index is 2.85. The highest BCUT2D eigenvalue weighted by molar-refractivity contribution is 5.99. The lowest BCUT2D eigenvalue weighted by molar-refractivity contribution is -0.136. The Morgan fingerprint density at radius 1 is 1.43 bits per heavy atom. The fourth-order valence-electron chi connectivity index (χ4n) is 1.74. The van der Waals surface area contributed by atoms with Crippen LogP contribution in [-0.4, -0.2) is 42.1 Å². The third-order valence-electron chi connectivity index (χ3n) is 2.91. The van der Waals surface area contributed by atoms with E-state index < -0.39 is 18.5 Å². The molecule has 1 rings (SSSR count). The van der Waals surface area contributed by atoms with E-state index in [0.717, 1.165) is 17.0 Å². The van der Waals surface area contributed by atoms with E-state index in [4.69, 9.17) is 0 Å². The minimum Gasteiger partial charge on any atom is -0.384 e. The van der Waals surface area contributed by atoms with Crippen molar-refractivity contribution in [2.24, 2.45) is 0 Å². The van der Waals surface area contributed by atoms with Gasteiger partial charge in [-0.2, -0.15) is 13.2 Å². The zero-order valence-corrected chi connectivity index (χ0v) is 12.4. The van der Waals surface area contributed by atoms with Gasteiger partial charge < -0.3 is 10.2 Å². The van der Waals surface area contributed by atoms with E-state index in [-0.39, 0.29) is 6.54 Å². The van der Waals surface area contributed by atoms with Crippen LogP contribution in [0, 0.1) is 6.92 Å². The number of hydrogen-bond acceptors (Lipinski definition) is 3. The molecule has 1 aromatic rings. The Bertz CT molecular complexity index is 489. The van der Waals surface area contributed by atoms with Crippen LogP contribution in [0.15, 0.2) is 12.3 Å². The number of hydrogen-bond donors (Lipinski definition) is 1. The largest absolute Gasteiger partial charge is 0.390 e. The molecular formula is C14H20F3N3O. The molecule has 0 aliphatic rings. The van der Waals surface area contributed by atoms with Gasteiger partial charge in [-0.1, -0.05) is 6.92 Å². The number of nitrogens with zero attached hydrogens (tertiary/aromatic N) is 2. The minimum absolute atomic E-state index is 0.290. The summed E-state index contributed by atoms with van der Waals surface area (Å²) >= 11 is 0. The van der Waals surface area contributed by atoms with Crippen molar-refractivity contribution in [2.45, 2.75) is 32.9 Å². The molecule has 118 valence electrons. The molecule has 0 fully saturated rings. The molecule has 0 saturated carbocycles. The van der Waals surface area contributed by atoms with Gasteiger partial charge in [-0.15, -0.1) is 0 Å². The van der Waals surface area contributed by atoms with Crippen molar-refractivity contribution in [1.29, 1.82) is 0 Å². The summed E-state index contributed by atoms with van der Waals surface area (Å²) < 4.78 is 36.7. The summed E-state index contributed by atoms with van der Waals surface area (Å²) in [5.74, 6) is -0.467. The molecule has 4 nitrogen and oxygen atoms in total. The first-order chi connectivity index (χ1) is 9.74. The number of aromatic nitrogens is 1. The van der Waals surface area contributed by atoms with Gasteiger partial charge in [-0.05, 0) is 19.4 Å². The molecule has 0 aliphatic carbocycles. The van der Waals surface area contributed by atoms with E-state index in [9.17, 15) is 18.0 Å². The molecule has 21 heavy (non-hydrogen) atoms. The predicted octanol–water partition coefficient (Wildman–Crippen LogP) is 3.24. The van der Waals surface area contributed by atoms with E-state index in [1.807, 2.05) is 6.92 Å². The molecule has 0 atom stereocenters. The maximum Gasteiger partial charge on any atom is 0.390 e. The lowest BCUT2D eigenvalue weighted by atomic mass is 10.1. The predicted molar refractivity (Wildman–Crippen MR) is 75.4 cm³/mol. The summed E-state index contributed by atoms with van der Waals surface area (Å²) in [6.45, 7) is 4.08. The van der Waals surface area contributed by atoms with Crippen LogP contribution in [-0.2, 0) is 0 Å². The van der Waals surface area contributed by atoms with Gasteiger partial charge >= 0.3 is 6.18 Å². The summed E-state index contributed by atoms with van der Waals surface area (Å²) in [6, 6.07) is 1.72. The van der Waals surface area contributed by atoms with Crippen molar-refractivity contribution in [3.63, 3.8) is 0 Å². The third-order valence-corrected chi connectivity index (χ3v) is 2.91. The van der Waals surface area contributed by atoms with Crippen LogP contribution in [0.1, 0.15) is 35.8 Å². The summed E-state index contributed by atoms with van der Waals surface area (Å²) in [5.41, 5.74) is 1.63. The van der Waals surface area contributed by atoms with Gasteiger partial charge in [0.1, 0.15) is 0 Å². The fourth-order valence-corrected chi connectivity index (χ4v) is 1.74. The Morgan fingerprint density at radius 2 is 2.10 bits per heavy atom. The standard InChI is InChI=1S/C14H20F3N3O/c1-4-6-18-12-8-10(2)19-9-11(12)13(21)20(3)7-5-14(15,16)17/h8-9H,4-7H2,1-3H3,(H,18,19). The summed E-state index contributed by atoms with van der Waals surface area (Å²) in [6.07, 6.45) is -3.02. The van der Waals surface area contributed by atoms with Crippen LogP contribution in [0.2, 0.25) is 0 Å². The second-order valence-electron chi connectivity index (χ2n) is 4.89. The molecule has 1 aromatic heterocycles. The average molecular weight is 303 g/mol. The first-order valence-corrected chi connectivity index (χ1v) is 6.77. The van der Waals surface area contributed by atoms with E-state index in [1.54, 1.807) is 13.0 Å². The molecule has 0 aromatic carbocycles. The second-order valence-corrected chi connectivity index (χ2v) is 4.89. The minimum atomic E-state index is -4.27. The molecule has 1 heterocycles. The van der Waals surface area contributed by atoms with E-state index in [2.05, 4.69) is 10.3 Å². The van der Waals surface area contributed by atoms with E-state index >= 15 is 0 Å². The molecule has 1 N–H and O–H groups in total. The second kappa shape index (κ2) is 7.28. The molecule has 0 saturated heterocycles. The van der Waals surface area contributed by atoms with Crippen LogP contribution >= 0.6 is 0 Å². The van der Waals surface area contributed by atoms with E-state index in [0.29, 0.717) is 17.8 Å². The SMILES string of the molecule is CCCNc1cc(C)ncc1C(=O)N(C)CCC(F)(F)F. The topological polar surface area (TPSA) is 45.2 Å². The number of amides is 1. The zero-order valence-electron chi connectivity index (χ0n) is 12.4. The van der Waals surface area contributed by atoms with Gasteiger partial charge in [0.15, 0.2) is 0 Å². The number of nitrogens with one attached hydrogen (secondary N) is 1. The molecular weight excluding hydrogens is 283 g/mol. The van der Waals surface area contributed by atoms with Crippen LogP contribution in [0.25, 0.3) is 0 Å². The molecule has 0 unspecified atom stereocenters. The van der Waals surface area contributed by atoms with E-state index in [1.165, 1.54) is 13.2 Å². The maximum absolute atomic E-state index is 12.2. The van der Waals surface area contributed by atoms with Gasteiger partial charge in [-0.25, -0.2) is 0 Å². The van der Waals surface area contributed by atoms with Crippen LogP contribution in [0.5, 0.6) is 0 Å². The summed E-state index contributed by atoms with van der Waals surface area (Å²) in [4.78, 5) is 17.4. The number of alkyl halides is 3. The number of halogens is 3. The highest BCUT2D eigenvalue weighted by Gasteiger charge is 2.28. The zero-order chi connectivity index (χ0) is 16.0. The molecule has 7 heteroatoms. The molecule has 0 spiro atoms. The Labute approximate surface area is 122 Å². The average Bonchev–Trinajstić information content (AvgIpc) is 2.41. The summed E-state index contributed by atoms with van der Waals surface area (Å²) in [7, 11) is 1.36. The molecule has 0 bridgehead atoms. The van der Waals surface area contributed by atoms with Crippen molar-refractivity contribution in [1.82, 2.24) is 9.88 Å². The van der Waals surface area contributed by atoms with Gasteiger partial charge in [-0.3, -0.25) is 9.78 Å². The van der Waals surface area contributed by atoms with Gasteiger partial charge in [0, 0.05) is 32.0 Å². The Morgan fingerprint density at radius 3 is 2.67 bits per heavy atom. The summed E-state index contributed by atoms with van der Waals surface area (Å²) in [5, 5.41) is 3.10. The smallest absolute Gasteiger partial charge is 0.384 e. The van der Waals surface area contributed by atoms with Crippen molar-refractivity contribution in [3.8, 4) is 0 Å². The van der Waals surface area contributed by atoms with Gasteiger partial charge in [0.05, 0.1) is 17.7 Å². The van der Waals surface area contributed by atoms with Crippen molar-refractivity contribution < 1.29 is 18.0 Å². The number of aryl methyl sites for hydroxylation is 1. The lowest BCUT2D eigenvalue weighted by Gasteiger charge is -2.20. The van der Waals surface area contributed by atoms with Crippen molar-refractivity contribution in [2.75, 3.05) is 25.5 Å². The molecule has 1 amide bonds. The van der Waals surface area contributed by atoms with Gasteiger partial charge in [0.25, 0.3) is 5.91 Å². The normalized spacial score (nSPS) is 11.3. The molecule has 0 radical (unpaired) electrons. The van der Waals surface area contributed by atoms with Crippen LogP contribution in [0.4, 0.5) is 18.9 Å². The molecule has 0 aliphatic heterocycles. The number of carbonyl (C=O) groups excluding carboxylic acids is 1. The number of anilines is 1. The van der Waals surface area contributed by atoms with Crippen LogP contribution in [0.3, 0.4) is 0 Å². The maximum atomic E-state index is 12.2. The Hall–Kier alpha value is -1.79. The lowest BCUT2D eigenvalue weighted by Crippen LogP contribution is -2.31. The van der Waals surface area contributed by atoms with Crippen molar-refractivity contribution >= 4 is 11.6 Å². The van der Waals surface area contributed by atoms with Gasteiger partial charge in [0.2, 0.25) is 0 Å². The number of rotatable bonds is 6. The van der Waals surface area contributed by atoms with Crippen molar-refractivity contribution in [3.05, 3.63) is 23.5 Å². The highest BCUT2D eigenvalue weighted by Crippen LogP contribution is 2.21. The Kier molecular flexibility index (Phi) is 5.99. The number of carbonyl (C=O) groups is 1. The van der Waals surface area contributed by atoms with Crippen LogP contribution < -0.4 is 5.32 Å². The highest BCUT2D eigenvalue weighted by atomic mass is 19.4. The quantitative estimate of drug-likeness (QED) is 0.877. The number of pyridine rings is 1. The third kappa shape index (κ3) is 5.61. The first-order valence-electron chi connectivity index (χ1n) is 6.77. The fraction of sp³-hybridized carbons (Fsp3) is 0.571. The monoisotopic (exact) mass is 303 g/mol. The first kappa shape index (κ1) is 17.3.